The van der Waals surface area contributed by atoms with E-state index in [-0.39, 0.29) is 11.8 Å². The number of aromatic nitrogens is 2. The normalized spacial score (nSPS) is 19.6. The minimum absolute atomic E-state index is 0.00641. The molecule has 0 saturated heterocycles. The number of nitrogens with zero attached hydrogens (tertiary/aromatic N) is 2. The van der Waals surface area contributed by atoms with Crippen molar-refractivity contribution in [1.29, 1.82) is 0 Å². The number of hydrogen-bond donors (Lipinski definition) is 2. The lowest BCUT2D eigenvalue weighted by Gasteiger charge is -2.17. The molecule has 0 radical (unpaired) electrons. The molecule has 1 atom stereocenters. The van der Waals surface area contributed by atoms with Crippen molar-refractivity contribution in [3.8, 4) is 0 Å². The molecule has 1 unspecified atom stereocenters. The molecule has 88 valence electrons. The Balaban J connectivity index is 2.09. The maximum absolute atomic E-state index is 10.6. The summed E-state index contributed by atoms with van der Waals surface area (Å²) in [5.74, 6) is -0.352. The van der Waals surface area contributed by atoms with Crippen LogP contribution in [0.5, 0.6) is 0 Å². The Hall–Kier alpha value is -1.43. The summed E-state index contributed by atoms with van der Waals surface area (Å²) in [6, 6.07) is -1.22. The van der Waals surface area contributed by atoms with Crippen molar-refractivity contribution in [3.63, 3.8) is 0 Å². The van der Waals surface area contributed by atoms with Crippen LogP contribution in [-0.4, -0.2) is 21.3 Å². The summed E-state index contributed by atoms with van der Waals surface area (Å²) < 4.78 is 5.32. The van der Waals surface area contributed by atoms with Crippen LogP contribution >= 0.6 is 0 Å². The molecule has 1 heterocycles. The molecule has 1 aromatic rings. The van der Waals surface area contributed by atoms with Crippen LogP contribution in [0.15, 0.2) is 4.42 Å². The van der Waals surface area contributed by atoms with Gasteiger partial charge in [-0.25, -0.2) is 4.79 Å². The molecule has 1 aliphatic rings. The van der Waals surface area contributed by atoms with E-state index in [1.54, 1.807) is 0 Å². The SMILES string of the molecule is NC(C(=O)O)c1nnc(C2CCCCC2)o1. The lowest BCUT2D eigenvalue weighted by molar-refractivity contribution is -0.139. The van der Waals surface area contributed by atoms with E-state index in [1.165, 1.54) is 6.42 Å². The third kappa shape index (κ3) is 2.21. The Kier molecular flexibility index (Phi) is 3.19. The monoisotopic (exact) mass is 225 g/mol. The van der Waals surface area contributed by atoms with Crippen molar-refractivity contribution >= 4 is 5.97 Å². The highest BCUT2D eigenvalue weighted by Crippen LogP contribution is 2.32. The van der Waals surface area contributed by atoms with Crippen molar-refractivity contribution < 1.29 is 14.3 Å². The van der Waals surface area contributed by atoms with E-state index in [2.05, 4.69) is 10.2 Å². The van der Waals surface area contributed by atoms with Crippen LogP contribution in [0.1, 0.15) is 55.8 Å². The van der Waals surface area contributed by atoms with Crippen molar-refractivity contribution in [2.24, 2.45) is 5.73 Å². The first-order chi connectivity index (χ1) is 7.68. The zero-order valence-corrected chi connectivity index (χ0v) is 8.93. The molecule has 6 heteroatoms. The van der Waals surface area contributed by atoms with Crippen LogP contribution < -0.4 is 5.73 Å². The van der Waals surface area contributed by atoms with Crippen LogP contribution in [0.25, 0.3) is 0 Å². The molecule has 0 aliphatic heterocycles. The molecule has 1 saturated carbocycles. The largest absolute Gasteiger partial charge is 0.480 e. The highest BCUT2D eigenvalue weighted by molar-refractivity contribution is 5.73. The number of carboxylic acids is 1. The van der Waals surface area contributed by atoms with Gasteiger partial charge in [-0.2, -0.15) is 0 Å². The minimum atomic E-state index is -1.22. The van der Waals surface area contributed by atoms with Crippen molar-refractivity contribution in [2.45, 2.75) is 44.1 Å². The summed E-state index contributed by atoms with van der Waals surface area (Å²) in [6.45, 7) is 0. The summed E-state index contributed by atoms with van der Waals surface area (Å²) >= 11 is 0. The number of hydrogen-bond acceptors (Lipinski definition) is 5. The van der Waals surface area contributed by atoms with Crippen LogP contribution in [0.2, 0.25) is 0 Å². The maximum atomic E-state index is 10.6. The molecular weight excluding hydrogens is 210 g/mol. The van der Waals surface area contributed by atoms with Crippen LogP contribution in [0.4, 0.5) is 0 Å². The summed E-state index contributed by atoms with van der Waals surface area (Å²) in [5.41, 5.74) is 5.38. The molecule has 0 spiro atoms. The lowest BCUT2D eigenvalue weighted by atomic mass is 9.89. The van der Waals surface area contributed by atoms with Gasteiger partial charge in [0.05, 0.1) is 0 Å². The van der Waals surface area contributed by atoms with Gasteiger partial charge >= 0.3 is 5.97 Å². The number of carboxylic acid groups (broad SMARTS) is 1. The Morgan fingerprint density at radius 3 is 2.69 bits per heavy atom. The zero-order valence-electron chi connectivity index (χ0n) is 8.93. The molecule has 1 aromatic heterocycles. The zero-order chi connectivity index (χ0) is 11.5. The molecule has 6 nitrogen and oxygen atoms in total. The number of aliphatic carboxylic acids is 1. The van der Waals surface area contributed by atoms with E-state index in [0.717, 1.165) is 25.7 Å². The second-order valence-corrected chi connectivity index (χ2v) is 4.13. The van der Waals surface area contributed by atoms with Crippen LogP contribution in [0, 0.1) is 0 Å². The predicted octanol–water partition coefficient (Wildman–Crippen LogP) is 1.20. The first-order valence-corrected chi connectivity index (χ1v) is 5.50. The summed E-state index contributed by atoms with van der Waals surface area (Å²) in [5, 5.41) is 16.3. The van der Waals surface area contributed by atoms with Crippen LogP contribution in [0.3, 0.4) is 0 Å². The van der Waals surface area contributed by atoms with Gasteiger partial charge in [0.2, 0.25) is 11.8 Å². The Morgan fingerprint density at radius 1 is 1.38 bits per heavy atom. The topological polar surface area (TPSA) is 102 Å². The molecule has 16 heavy (non-hydrogen) atoms. The fourth-order valence-corrected chi connectivity index (χ4v) is 1.99. The second kappa shape index (κ2) is 4.61. The standard InChI is InChI=1S/C10H15N3O3/c11-7(10(14)15)9-13-12-8(16-9)6-4-2-1-3-5-6/h6-7H,1-5,11H2,(H,14,15). The molecule has 0 amide bonds. The molecule has 3 N–H and O–H groups in total. The number of rotatable bonds is 3. The fraction of sp³-hybridized carbons (Fsp3) is 0.700. The molecule has 0 aromatic carbocycles. The average Bonchev–Trinajstić information content (AvgIpc) is 2.78. The number of nitrogens with two attached hydrogens (primary N) is 1. The lowest BCUT2D eigenvalue weighted by Crippen LogP contribution is -2.20. The predicted molar refractivity (Wildman–Crippen MR) is 54.7 cm³/mol. The fourth-order valence-electron chi connectivity index (χ4n) is 1.99. The molecular formula is C10H15N3O3. The Labute approximate surface area is 92.8 Å². The Morgan fingerprint density at radius 2 is 2.06 bits per heavy atom. The first-order valence-electron chi connectivity index (χ1n) is 5.50. The van der Waals surface area contributed by atoms with Crippen LogP contribution in [-0.2, 0) is 4.79 Å². The quantitative estimate of drug-likeness (QED) is 0.801. The molecule has 1 fully saturated rings. The van der Waals surface area contributed by atoms with Gasteiger partial charge in [0, 0.05) is 5.92 Å². The molecule has 2 rings (SSSR count). The van der Waals surface area contributed by atoms with Gasteiger partial charge in [0.25, 0.3) is 0 Å². The summed E-state index contributed by atoms with van der Waals surface area (Å²) in [6.07, 6.45) is 5.63. The average molecular weight is 225 g/mol. The third-order valence-electron chi connectivity index (χ3n) is 2.94. The highest BCUT2D eigenvalue weighted by atomic mass is 16.4. The van der Waals surface area contributed by atoms with E-state index in [9.17, 15) is 4.79 Å². The summed E-state index contributed by atoms with van der Waals surface area (Å²) in [4.78, 5) is 10.6. The maximum Gasteiger partial charge on any atom is 0.330 e. The minimum Gasteiger partial charge on any atom is -0.480 e. The van der Waals surface area contributed by atoms with E-state index < -0.39 is 12.0 Å². The molecule has 0 bridgehead atoms. The van der Waals surface area contributed by atoms with Gasteiger partial charge in [0.15, 0.2) is 6.04 Å². The molecule has 1 aliphatic carbocycles. The van der Waals surface area contributed by atoms with Gasteiger partial charge in [-0.3, -0.25) is 0 Å². The van der Waals surface area contributed by atoms with Gasteiger partial charge in [0.1, 0.15) is 0 Å². The Bertz CT molecular complexity index is 371. The van der Waals surface area contributed by atoms with E-state index in [4.69, 9.17) is 15.3 Å². The smallest absolute Gasteiger partial charge is 0.330 e. The van der Waals surface area contributed by atoms with Crippen molar-refractivity contribution in [3.05, 3.63) is 11.8 Å². The second-order valence-electron chi connectivity index (χ2n) is 4.13. The van der Waals surface area contributed by atoms with E-state index >= 15 is 0 Å². The van der Waals surface area contributed by atoms with Gasteiger partial charge in [-0.05, 0) is 12.8 Å². The highest BCUT2D eigenvalue weighted by Gasteiger charge is 2.25. The van der Waals surface area contributed by atoms with Crippen molar-refractivity contribution in [1.82, 2.24) is 10.2 Å². The van der Waals surface area contributed by atoms with Crippen molar-refractivity contribution in [2.75, 3.05) is 0 Å². The van der Waals surface area contributed by atoms with Gasteiger partial charge < -0.3 is 15.3 Å². The third-order valence-corrected chi connectivity index (χ3v) is 2.94. The number of carbonyl (C=O) groups is 1. The van der Waals surface area contributed by atoms with Gasteiger partial charge in [-0.15, -0.1) is 10.2 Å². The first kappa shape index (κ1) is 11.1. The summed E-state index contributed by atoms with van der Waals surface area (Å²) in [7, 11) is 0. The van der Waals surface area contributed by atoms with Gasteiger partial charge in [-0.1, -0.05) is 19.3 Å². The van der Waals surface area contributed by atoms with E-state index in [0.29, 0.717) is 5.89 Å². The van der Waals surface area contributed by atoms with E-state index in [1.807, 2.05) is 0 Å².